The third-order valence-corrected chi connectivity index (χ3v) is 5.22. The Labute approximate surface area is 146 Å². The number of rotatable bonds is 5. The summed E-state index contributed by atoms with van der Waals surface area (Å²) in [6.07, 6.45) is -3.97. The van der Waals surface area contributed by atoms with Gasteiger partial charge in [-0.05, 0) is 25.0 Å². The molecule has 1 amide bonds. The first-order chi connectivity index (χ1) is 12.0. The molecule has 1 aliphatic rings. The molecule has 0 atom stereocenters. The lowest BCUT2D eigenvalue weighted by atomic mass is 10.0. The van der Waals surface area contributed by atoms with Gasteiger partial charge in [-0.15, -0.1) is 0 Å². The number of nitrogens with one attached hydrogen (secondary N) is 1. The van der Waals surface area contributed by atoms with Crippen molar-refractivity contribution in [3.8, 4) is 5.75 Å². The number of alkyl halides is 3. The number of benzene rings is 1. The van der Waals surface area contributed by atoms with Crippen LogP contribution in [0.1, 0.15) is 39.1 Å². The average Bonchev–Trinajstić information content (AvgIpc) is 3.07. The Morgan fingerprint density at radius 1 is 1.23 bits per heavy atom. The lowest BCUT2D eigenvalue weighted by molar-refractivity contribution is -0.138. The molecule has 26 heavy (non-hydrogen) atoms. The van der Waals surface area contributed by atoms with Crippen molar-refractivity contribution in [3.63, 3.8) is 0 Å². The number of nitrogens with zero attached hydrogens (tertiary/aromatic N) is 1. The number of amides is 1. The molecule has 0 aromatic heterocycles. The van der Waals surface area contributed by atoms with E-state index in [-0.39, 0.29) is 19.2 Å². The summed E-state index contributed by atoms with van der Waals surface area (Å²) in [4.78, 5) is 23.3. The van der Waals surface area contributed by atoms with Crippen molar-refractivity contribution >= 4 is 22.1 Å². The molecule has 0 bridgehead atoms. The minimum Gasteiger partial charge on any atom is -0.496 e. The quantitative estimate of drug-likeness (QED) is 0.780. The van der Waals surface area contributed by atoms with Crippen molar-refractivity contribution in [2.24, 2.45) is 0 Å². The van der Waals surface area contributed by atoms with Crippen molar-refractivity contribution in [3.05, 3.63) is 28.8 Å². The summed E-state index contributed by atoms with van der Waals surface area (Å²) in [5, 5.41) is 8.93. The van der Waals surface area contributed by atoms with Gasteiger partial charge in [0.15, 0.2) is 0 Å². The van der Waals surface area contributed by atoms with Crippen LogP contribution in [0.3, 0.4) is 0 Å². The zero-order valence-corrected chi connectivity index (χ0v) is 14.3. The zero-order chi connectivity index (χ0) is 19.7. The fourth-order valence-corrected chi connectivity index (χ4v) is 3.72. The Hall–Kier alpha value is -2.34. The van der Waals surface area contributed by atoms with Gasteiger partial charge in [0, 0.05) is 13.1 Å². The molecule has 1 aliphatic heterocycles. The smallest absolute Gasteiger partial charge is 0.417 e. The van der Waals surface area contributed by atoms with E-state index in [1.165, 1.54) is 0 Å². The van der Waals surface area contributed by atoms with Gasteiger partial charge in [0.05, 0.1) is 23.8 Å². The summed E-state index contributed by atoms with van der Waals surface area (Å²) in [7, 11) is -3.39. The van der Waals surface area contributed by atoms with Gasteiger partial charge >= 0.3 is 22.4 Å². The topological polar surface area (TPSA) is 113 Å². The van der Waals surface area contributed by atoms with E-state index in [0.29, 0.717) is 12.8 Å². The highest BCUT2D eigenvalue weighted by molar-refractivity contribution is 7.87. The van der Waals surface area contributed by atoms with Gasteiger partial charge in [0.1, 0.15) is 5.75 Å². The van der Waals surface area contributed by atoms with E-state index in [9.17, 15) is 31.2 Å². The molecular formula is C14H15F3N2O6S. The monoisotopic (exact) mass is 396 g/mol. The molecule has 1 saturated heterocycles. The minimum atomic E-state index is -5.11. The average molecular weight is 396 g/mol. The lowest BCUT2D eigenvalue weighted by Crippen LogP contribution is -2.42. The predicted molar refractivity (Wildman–Crippen MR) is 82.1 cm³/mol. The number of aromatic carboxylic acids is 1. The van der Waals surface area contributed by atoms with Crippen LogP contribution in [0.5, 0.6) is 5.75 Å². The van der Waals surface area contributed by atoms with E-state index in [0.717, 1.165) is 17.5 Å². The lowest BCUT2D eigenvalue weighted by Gasteiger charge is -2.19. The molecular weight excluding hydrogens is 381 g/mol. The fourth-order valence-electron chi connectivity index (χ4n) is 2.52. The third kappa shape index (κ3) is 4.07. The van der Waals surface area contributed by atoms with E-state index in [1.54, 1.807) is 4.72 Å². The van der Waals surface area contributed by atoms with Crippen LogP contribution in [0.15, 0.2) is 12.1 Å². The molecule has 0 saturated carbocycles. The Morgan fingerprint density at radius 3 is 2.27 bits per heavy atom. The number of hydrogen-bond acceptors (Lipinski definition) is 5. The highest BCUT2D eigenvalue weighted by Gasteiger charge is 2.39. The third-order valence-electron chi connectivity index (χ3n) is 3.73. The van der Waals surface area contributed by atoms with Crippen molar-refractivity contribution < 1.29 is 41.0 Å². The van der Waals surface area contributed by atoms with Crippen LogP contribution in [0, 0.1) is 0 Å². The van der Waals surface area contributed by atoms with Crippen LogP contribution >= 0.6 is 0 Å². The SMILES string of the molecule is COc1cc(C(=O)O)cc(C(F)(F)F)c1C(=O)NS(=O)(=O)N1CCCC1. The summed E-state index contributed by atoms with van der Waals surface area (Å²) in [5.74, 6) is -3.92. The van der Waals surface area contributed by atoms with Crippen LogP contribution in [0.4, 0.5) is 13.2 Å². The van der Waals surface area contributed by atoms with Crippen molar-refractivity contribution in [1.82, 2.24) is 9.03 Å². The predicted octanol–water partition coefficient (Wildman–Crippen LogP) is 1.48. The number of methoxy groups -OCH3 is 1. The van der Waals surface area contributed by atoms with Crippen LogP contribution in [0.2, 0.25) is 0 Å². The molecule has 8 nitrogen and oxygen atoms in total. The second-order valence-corrected chi connectivity index (χ2v) is 7.12. The van der Waals surface area contributed by atoms with Gasteiger partial charge in [-0.3, -0.25) is 4.79 Å². The summed E-state index contributed by atoms with van der Waals surface area (Å²) in [6.45, 7) is 0.285. The molecule has 0 radical (unpaired) electrons. The molecule has 1 aromatic carbocycles. The van der Waals surface area contributed by atoms with Gasteiger partial charge in [0.2, 0.25) is 0 Å². The van der Waals surface area contributed by atoms with Gasteiger partial charge in [-0.2, -0.15) is 25.9 Å². The van der Waals surface area contributed by atoms with Gasteiger partial charge in [-0.1, -0.05) is 0 Å². The van der Waals surface area contributed by atoms with Crippen molar-refractivity contribution in [2.45, 2.75) is 19.0 Å². The molecule has 1 heterocycles. The van der Waals surface area contributed by atoms with E-state index in [2.05, 4.69) is 0 Å². The normalized spacial score (nSPS) is 15.7. The molecule has 0 spiro atoms. The molecule has 2 N–H and O–H groups in total. The fraction of sp³-hybridized carbons (Fsp3) is 0.429. The minimum absolute atomic E-state index is 0.143. The Balaban J connectivity index is 2.52. The van der Waals surface area contributed by atoms with Gasteiger partial charge in [0.25, 0.3) is 5.91 Å². The number of carboxylic acid groups (broad SMARTS) is 1. The van der Waals surface area contributed by atoms with Crippen molar-refractivity contribution in [2.75, 3.05) is 20.2 Å². The van der Waals surface area contributed by atoms with Gasteiger partial charge < -0.3 is 9.84 Å². The first-order valence-corrected chi connectivity index (χ1v) is 8.76. The molecule has 0 aliphatic carbocycles. The Kier molecular flexibility index (Phi) is 5.47. The zero-order valence-electron chi connectivity index (χ0n) is 13.5. The van der Waals surface area contributed by atoms with Crippen LogP contribution in [0.25, 0.3) is 0 Å². The maximum Gasteiger partial charge on any atom is 0.417 e. The molecule has 1 aromatic rings. The van der Waals surface area contributed by atoms with Crippen LogP contribution in [-0.4, -0.2) is 49.9 Å². The molecule has 2 rings (SSSR count). The number of carboxylic acids is 1. The van der Waals surface area contributed by atoms with Gasteiger partial charge in [-0.25, -0.2) is 9.52 Å². The molecule has 144 valence electrons. The number of hydrogen-bond donors (Lipinski definition) is 2. The summed E-state index contributed by atoms with van der Waals surface area (Å²) in [6, 6.07) is 0.969. The maximum absolute atomic E-state index is 13.3. The van der Waals surface area contributed by atoms with Crippen LogP contribution in [-0.2, 0) is 16.4 Å². The first-order valence-electron chi connectivity index (χ1n) is 7.32. The summed E-state index contributed by atoms with van der Waals surface area (Å²) < 4.78 is 71.4. The second-order valence-electron chi connectivity index (χ2n) is 5.45. The summed E-state index contributed by atoms with van der Waals surface area (Å²) >= 11 is 0. The number of ether oxygens (including phenoxy) is 1. The standard InChI is InChI=1S/C14H15F3N2O6S/c1-25-10-7-8(13(21)22)6-9(14(15,16)17)11(10)12(20)18-26(23,24)19-4-2-3-5-19/h6-7H,2-5H2,1H3,(H,18,20)(H,21,22). The second kappa shape index (κ2) is 7.11. The summed E-state index contributed by atoms with van der Waals surface area (Å²) in [5.41, 5.74) is -3.47. The highest BCUT2D eigenvalue weighted by Crippen LogP contribution is 2.37. The Bertz CT molecular complexity index is 832. The number of halogens is 3. The van der Waals surface area contributed by atoms with E-state index in [4.69, 9.17) is 9.84 Å². The van der Waals surface area contributed by atoms with E-state index in [1.807, 2.05) is 0 Å². The van der Waals surface area contributed by atoms with Crippen molar-refractivity contribution in [1.29, 1.82) is 0 Å². The Morgan fingerprint density at radius 2 is 1.81 bits per heavy atom. The molecule has 12 heteroatoms. The maximum atomic E-state index is 13.3. The molecule has 0 unspecified atom stereocenters. The van der Waals surface area contributed by atoms with E-state index >= 15 is 0 Å². The number of carbonyl (C=O) groups is 2. The highest BCUT2D eigenvalue weighted by atomic mass is 32.2. The van der Waals surface area contributed by atoms with Crippen LogP contribution < -0.4 is 9.46 Å². The van der Waals surface area contributed by atoms with E-state index < -0.39 is 50.7 Å². The first kappa shape index (κ1) is 20.0. The molecule has 1 fully saturated rings. The largest absolute Gasteiger partial charge is 0.496 e. The number of carbonyl (C=O) groups excluding carboxylic acids is 1.